The number of aliphatic hydroxyl groups excluding tert-OH is 1. The number of aliphatic hydroxyl groups is 1. The van der Waals surface area contributed by atoms with Crippen LogP contribution in [0.2, 0.25) is 0 Å². The molecule has 0 aliphatic heterocycles. The zero-order chi connectivity index (χ0) is 30.7. The molecule has 0 saturated heterocycles. The number of ether oxygens (including phenoxy) is 1. The van der Waals surface area contributed by atoms with Gasteiger partial charge in [0.15, 0.2) is 15.9 Å². The lowest BCUT2D eigenvalue weighted by molar-refractivity contribution is -0.274. The van der Waals surface area contributed by atoms with Gasteiger partial charge in [-0.05, 0) is 60.2 Å². The van der Waals surface area contributed by atoms with Crippen molar-refractivity contribution in [1.29, 1.82) is 0 Å². The highest BCUT2D eigenvalue weighted by Gasteiger charge is 2.31. The first-order valence-corrected chi connectivity index (χ1v) is 14.1. The lowest BCUT2D eigenvalue weighted by Crippen LogP contribution is -2.36. The van der Waals surface area contributed by atoms with Gasteiger partial charge in [-0.15, -0.1) is 13.2 Å². The number of hydrogen-bond donors (Lipinski definition) is 3. The van der Waals surface area contributed by atoms with Crippen molar-refractivity contribution in [1.82, 2.24) is 15.1 Å². The van der Waals surface area contributed by atoms with Crippen molar-refractivity contribution in [3.8, 4) is 28.3 Å². The van der Waals surface area contributed by atoms with E-state index in [0.717, 1.165) is 6.26 Å². The minimum atomic E-state index is -4.84. The monoisotopic (exact) mass is 603 g/mol. The van der Waals surface area contributed by atoms with Gasteiger partial charge >= 0.3 is 12.3 Å². The number of carboxylic acids is 1. The quantitative estimate of drug-likeness (QED) is 0.248. The van der Waals surface area contributed by atoms with Crippen molar-refractivity contribution in [3.05, 3.63) is 90.0 Å². The van der Waals surface area contributed by atoms with Gasteiger partial charge in [-0.2, -0.15) is 5.10 Å². The standard InChI is InChI=1S/C28H24F3N3O7S/c1-42(39,40)22-12-8-18(9-13-22)23-14-24(19-6-10-21(11-7-19)41-28(29,30)31)34(33-23)16-17-2-4-20(5-3-17)26(36)32-15-25(35)27(37)38/h2-14,25,35H,15-16H2,1H3,(H,32,36)(H,37,38). The van der Waals surface area contributed by atoms with Crippen LogP contribution in [0.3, 0.4) is 0 Å². The number of amides is 1. The molecule has 3 N–H and O–H groups in total. The number of hydrogen-bond acceptors (Lipinski definition) is 7. The van der Waals surface area contributed by atoms with Crippen molar-refractivity contribution >= 4 is 21.7 Å². The van der Waals surface area contributed by atoms with Crippen LogP contribution in [0.25, 0.3) is 22.5 Å². The molecule has 42 heavy (non-hydrogen) atoms. The Kier molecular flexibility index (Phi) is 8.68. The van der Waals surface area contributed by atoms with E-state index in [1.807, 2.05) is 0 Å². The van der Waals surface area contributed by atoms with Crippen molar-refractivity contribution < 1.29 is 46.1 Å². The first kappa shape index (κ1) is 30.3. The van der Waals surface area contributed by atoms with Crippen LogP contribution in [0, 0.1) is 0 Å². The second-order valence-corrected chi connectivity index (χ2v) is 11.2. The number of carbonyl (C=O) groups excluding carboxylic acids is 1. The molecule has 220 valence electrons. The minimum absolute atomic E-state index is 0.132. The Hall–Kier alpha value is -4.69. The van der Waals surface area contributed by atoms with E-state index in [0.29, 0.717) is 28.1 Å². The van der Waals surface area contributed by atoms with E-state index < -0.39 is 46.5 Å². The largest absolute Gasteiger partial charge is 0.573 e. The number of halogens is 3. The van der Waals surface area contributed by atoms with E-state index in [-0.39, 0.29) is 17.0 Å². The van der Waals surface area contributed by atoms with Gasteiger partial charge in [-0.3, -0.25) is 9.48 Å². The Bertz CT molecular complexity index is 1680. The maximum Gasteiger partial charge on any atom is 0.573 e. The summed E-state index contributed by atoms with van der Waals surface area (Å²) in [5.41, 5.74) is 3.09. The third kappa shape index (κ3) is 7.73. The summed E-state index contributed by atoms with van der Waals surface area (Å²) in [4.78, 5) is 23.2. The van der Waals surface area contributed by atoms with Crippen molar-refractivity contribution in [2.24, 2.45) is 0 Å². The molecular formula is C28H24F3N3O7S. The summed E-state index contributed by atoms with van der Waals surface area (Å²) in [5, 5.41) is 25.0. The summed E-state index contributed by atoms with van der Waals surface area (Å²) >= 11 is 0. The second kappa shape index (κ2) is 12.0. The molecule has 0 saturated carbocycles. The number of rotatable bonds is 10. The number of carboxylic acid groups (broad SMARTS) is 1. The van der Waals surface area contributed by atoms with Crippen molar-refractivity contribution in [2.45, 2.75) is 23.9 Å². The van der Waals surface area contributed by atoms with Crippen LogP contribution in [0.4, 0.5) is 13.2 Å². The number of benzene rings is 3. The molecule has 0 bridgehead atoms. The Labute approximate surface area is 237 Å². The molecule has 0 aliphatic carbocycles. The molecule has 1 aromatic heterocycles. The second-order valence-electron chi connectivity index (χ2n) is 9.20. The van der Waals surface area contributed by atoms with Crippen LogP contribution in [-0.2, 0) is 21.2 Å². The third-order valence-electron chi connectivity index (χ3n) is 6.03. The van der Waals surface area contributed by atoms with Gasteiger partial charge in [-0.1, -0.05) is 24.3 Å². The van der Waals surface area contributed by atoms with E-state index in [1.54, 1.807) is 35.0 Å². The predicted molar refractivity (Wildman–Crippen MR) is 144 cm³/mol. The average Bonchev–Trinajstić information content (AvgIpc) is 3.34. The summed E-state index contributed by atoms with van der Waals surface area (Å²) in [6, 6.07) is 19.4. The molecule has 3 aromatic carbocycles. The summed E-state index contributed by atoms with van der Waals surface area (Å²) in [5.74, 6) is -2.44. The van der Waals surface area contributed by atoms with E-state index in [2.05, 4.69) is 15.2 Å². The number of nitrogens with one attached hydrogen (secondary N) is 1. The fraction of sp³-hybridized carbons (Fsp3) is 0.179. The van der Waals surface area contributed by atoms with Gasteiger partial charge in [0.25, 0.3) is 5.91 Å². The van der Waals surface area contributed by atoms with Crippen molar-refractivity contribution in [3.63, 3.8) is 0 Å². The average molecular weight is 604 g/mol. The molecule has 0 aliphatic rings. The number of nitrogens with zero attached hydrogens (tertiary/aromatic N) is 2. The highest BCUT2D eigenvalue weighted by atomic mass is 32.2. The highest BCUT2D eigenvalue weighted by Crippen LogP contribution is 2.30. The zero-order valence-electron chi connectivity index (χ0n) is 21.9. The lowest BCUT2D eigenvalue weighted by atomic mass is 10.1. The number of carbonyl (C=O) groups is 2. The van der Waals surface area contributed by atoms with Gasteiger partial charge in [0, 0.05) is 22.9 Å². The van der Waals surface area contributed by atoms with Crippen LogP contribution >= 0.6 is 0 Å². The predicted octanol–water partition coefficient (Wildman–Crippen LogP) is 3.74. The third-order valence-corrected chi connectivity index (χ3v) is 7.16. The Morgan fingerprint density at radius 1 is 0.976 bits per heavy atom. The van der Waals surface area contributed by atoms with E-state index >= 15 is 0 Å². The van der Waals surface area contributed by atoms with E-state index in [9.17, 15) is 36.3 Å². The number of alkyl halides is 3. The molecule has 0 spiro atoms. The maximum absolute atomic E-state index is 12.6. The molecule has 4 rings (SSSR count). The fourth-order valence-electron chi connectivity index (χ4n) is 3.92. The maximum atomic E-state index is 12.6. The molecule has 0 radical (unpaired) electrons. The Balaban J connectivity index is 1.62. The Morgan fingerprint density at radius 3 is 2.12 bits per heavy atom. The minimum Gasteiger partial charge on any atom is -0.479 e. The first-order chi connectivity index (χ1) is 19.7. The molecule has 1 heterocycles. The number of aliphatic carboxylic acids is 1. The normalized spacial score (nSPS) is 12.5. The highest BCUT2D eigenvalue weighted by molar-refractivity contribution is 7.90. The summed E-state index contributed by atoms with van der Waals surface area (Å²) < 4.78 is 67.1. The van der Waals surface area contributed by atoms with Crippen LogP contribution in [-0.4, -0.2) is 65.6 Å². The Morgan fingerprint density at radius 2 is 1.57 bits per heavy atom. The topological polar surface area (TPSA) is 148 Å². The van der Waals surface area contributed by atoms with Crippen LogP contribution in [0.15, 0.2) is 83.8 Å². The van der Waals surface area contributed by atoms with Gasteiger partial charge in [-0.25, -0.2) is 13.2 Å². The summed E-state index contributed by atoms with van der Waals surface area (Å²) in [7, 11) is -3.41. The molecular weight excluding hydrogens is 579 g/mol. The van der Waals surface area contributed by atoms with E-state index in [4.69, 9.17) is 5.11 Å². The van der Waals surface area contributed by atoms with Gasteiger partial charge in [0.1, 0.15) is 5.75 Å². The SMILES string of the molecule is CS(=O)(=O)c1ccc(-c2cc(-c3ccc(OC(F)(F)F)cc3)n(Cc3ccc(C(=O)NCC(O)C(=O)O)cc3)n2)cc1. The molecule has 14 heteroatoms. The molecule has 0 fully saturated rings. The summed E-state index contributed by atoms with van der Waals surface area (Å²) in [6.07, 6.45) is -5.49. The van der Waals surface area contributed by atoms with E-state index in [1.165, 1.54) is 48.5 Å². The molecule has 10 nitrogen and oxygen atoms in total. The number of sulfone groups is 1. The smallest absolute Gasteiger partial charge is 0.479 e. The number of aromatic nitrogens is 2. The van der Waals surface area contributed by atoms with Gasteiger partial charge < -0.3 is 20.3 Å². The molecule has 1 amide bonds. The first-order valence-electron chi connectivity index (χ1n) is 12.2. The lowest BCUT2D eigenvalue weighted by Gasteiger charge is -2.11. The molecule has 4 aromatic rings. The molecule has 1 atom stereocenters. The van der Waals surface area contributed by atoms with Crippen molar-refractivity contribution in [2.75, 3.05) is 12.8 Å². The van der Waals surface area contributed by atoms with Gasteiger partial charge in [0.2, 0.25) is 0 Å². The van der Waals surface area contributed by atoms with Crippen LogP contribution in [0.5, 0.6) is 5.75 Å². The summed E-state index contributed by atoms with van der Waals surface area (Å²) in [6.45, 7) is -0.273. The molecule has 1 unspecified atom stereocenters. The van der Waals surface area contributed by atoms with Crippen LogP contribution in [0.1, 0.15) is 15.9 Å². The zero-order valence-corrected chi connectivity index (χ0v) is 22.7. The van der Waals surface area contributed by atoms with Crippen LogP contribution < -0.4 is 10.1 Å². The van der Waals surface area contributed by atoms with Gasteiger partial charge in [0.05, 0.1) is 29.4 Å². The fourth-order valence-corrected chi connectivity index (χ4v) is 4.55.